The van der Waals surface area contributed by atoms with Gasteiger partial charge in [0.15, 0.2) is 0 Å². The van der Waals surface area contributed by atoms with Crippen LogP contribution in [0.5, 0.6) is 0 Å². The fourth-order valence-corrected chi connectivity index (χ4v) is 1.75. The van der Waals surface area contributed by atoms with Gasteiger partial charge in [-0.25, -0.2) is 0 Å². The van der Waals surface area contributed by atoms with Gasteiger partial charge in [0, 0.05) is 11.1 Å². The smallest absolute Gasteiger partial charge is 0.235 e. The molecule has 0 spiro atoms. The van der Waals surface area contributed by atoms with Crippen LogP contribution >= 0.6 is 0 Å². The fourth-order valence-electron chi connectivity index (χ4n) is 1.75. The molecule has 0 aliphatic carbocycles. The van der Waals surface area contributed by atoms with Crippen LogP contribution in [0.3, 0.4) is 0 Å². The monoisotopic (exact) mass is 248 g/mol. The number of hydrogen-bond acceptors (Lipinski definition) is 2. The molecule has 0 saturated heterocycles. The molecule has 2 aromatic carbocycles. The Bertz CT molecular complexity index is 653. The van der Waals surface area contributed by atoms with Crippen LogP contribution in [0.2, 0.25) is 0 Å². The molecule has 2 aromatic rings. The summed E-state index contributed by atoms with van der Waals surface area (Å²) in [5.74, 6) is 4.93. The summed E-state index contributed by atoms with van der Waals surface area (Å²) in [4.78, 5) is 22.1. The second kappa shape index (κ2) is 5.79. The highest BCUT2D eigenvalue weighted by atomic mass is 16.1. The standard InChI is InChI=1S/C17H12O2/c1-2-3-17(19)16-10-8-15(9-11-16)14-6-4-13(12-18)5-7-14/h4-12H,1H3. The summed E-state index contributed by atoms with van der Waals surface area (Å²) in [7, 11) is 0. The van der Waals surface area contributed by atoms with Crippen LogP contribution in [-0.2, 0) is 0 Å². The van der Waals surface area contributed by atoms with E-state index >= 15 is 0 Å². The van der Waals surface area contributed by atoms with Gasteiger partial charge in [-0.2, -0.15) is 0 Å². The van der Waals surface area contributed by atoms with E-state index in [1.54, 1.807) is 31.2 Å². The van der Waals surface area contributed by atoms with Crippen molar-refractivity contribution in [1.82, 2.24) is 0 Å². The molecule has 0 amide bonds. The molecule has 92 valence electrons. The number of aldehydes is 1. The highest BCUT2D eigenvalue weighted by molar-refractivity contribution is 6.09. The van der Waals surface area contributed by atoms with E-state index in [-0.39, 0.29) is 5.78 Å². The van der Waals surface area contributed by atoms with Gasteiger partial charge in [-0.05, 0) is 36.1 Å². The van der Waals surface area contributed by atoms with Gasteiger partial charge in [-0.1, -0.05) is 42.3 Å². The molecule has 2 heteroatoms. The van der Waals surface area contributed by atoms with Crippen LogP contribution in [0.15, 0.2) is 48.5 Å². The minimum absolute atomic E-state index is 0.176. The Labute approximate surface area is 112 Å². The first-order valence-electron chi connectivity index (χ1n) is 5.87. The average molecular weight is 248 g/mol. The lowest BCUT2D eigenvalue weighted by Crippen LogP contribution is -1.94. The Morgan fingerprint density at radius 1 is 0.947 bits per heavy atom. The average Bonchev–Trinajstić information content (AvgIpc) is 2.48. The fraction of sp³-hybridized carbons (Fsp3) is 0.0588. The van der Waals surface area contributed by atoms with E-state index in [9.17, 15) is 9.59 Å². The van der Waals surface area contributed by atoms with Crippen molar-refractivity contribution in [1.29, 1.82) is 0 Å². The number of rotatable bonds is 3. The first-order valence-corrected chi connectivity index (χ1v) is 5.87. The number of carbonyl (C=O) groups excluding carboxylic acids is 2. The van der Waals surface area contributed by atoms with E-state index in [1.165, 1.54) is 0 Å². The quantitative estimate of drug-likeness (QED) is 0.361. The summed E-state index contributed by atoms with van der Waals surface area (Å²) in [5, 5.41) is 0. The molecule has 0 N–H and O–H groups in total. The first kappa shape index (κ1) is 12.8. The number of ketones is 1. The molecule has 0 unspecified atom stereocenters. The van der Waals surface area contributed by atoms with Gasteiger partial charge in [-0.3, -0.25) is 9.59 Å². The molecule has 0 aromatic heterocycles. The Balaban J connectivity index is 2.28. The van der Waals surface area contributed by atoms with Gasteiger partial charge >= 0.3 is 0 Å². The molecule has 0 atom stereocenters. The SMILES string of the molecule is CC#CC(=O)c1ccc(-c2ccc(C=O)cc2)cc1. The van der Waals surface area contributed by atoms with Gasteiger partial charge in [0.2, 0.25) is 5.78 Å². The van der Waals surface area contributed by atoms with E-state index in [0.29, 0.717) is 11.1 Å². The lowest BCUT2D eigenvalue weighted by molar-refractivity contribution is 0.105. The van der Waals surface area contributed by atoms with Gasteiger partial charge in [0.05, 0.1) is 0 Å². The van der Waals surface area contributed by atoms with Crippen LogP contribution in [0.25, 0.3) is 11.1 Å². The molecule has 2 nitrogen and oxygen atoms in total. The number of Topliss-reactive ketones (excluding diaryl/α,β-unsaturated/α-hetero) is 1. The zero-order valence-corrected chi connectivity index (χ0v) is 10.5. The molecule has 2 rings (SSSR count). The van der Waals surface area contributed by atoms with E-state index in [0.717, 1.165) is 17.4 Å². The second-order valence-electron chi connectivity index (χ2n) is 4.02. The van der Waals surface area contributed by atoms with Crippen LogP contribution in [0.1, 0.15) is 27.6 Å². The molecule has 0 saturated carbocycles. The van der Waals surface area contributed by atoms with E-state index in [4.69, 9.17) is 0 Å². The van der Waals surface area contributed by atoms with E-state index in [1.807, 2.05) is 24.3 Å². The molecular weight excluding hydrogens is 236 g/mol. The Hall–Kier alpha value is -2.66. The Morgan fingerprint density at radius 3 is 1.95 bits per heavy atom. The zero-order chi connectivity index (χ0) is 13.7. The van der Waals surface area contributed by atoms with Crippen molar-refractivity contribution in [2.75, 3.05) is 0 Å². The maximum absolute atomic E-state index is 11.6. The van der Waals surface area contributed by atoms with Gasteiger partial charge < -0.3 is 0 Å². The lowest BCUT2D eigenvalue weighted by Gasteiger charge is -2.02. The van der Waals surface area contributed by atoms with E-state index in [2.05, 4.69) is 11.8 Å². The topological polar surface area (TPSA) is 34.1 Å². The van der Waals surface area contributed by atoms with Crippen molar-refractivity contribution in [2.45, 2.75) is 6.92 Å². The van der Waals surface area contributed by atoms with Gasteiger partial charge in [-0.15, -0.1) is 0 Å². The second-order valence-corrected chi connectivity index (χ2v) is 4.02. The summed E-state index contributed by atoms with van der Waals surface area (Å²) < 4.78 is 0. The summed E-state index contributed by atoms with van der Waals surface area (Å²) in [6.07, 6.45) is 0.814. The molecule has 0 heterocycles. The number of carbonyl (C=O) groups is 2. The summed E-state index contributed by atoms with van der Waals surface area (Å²) in [6, 6.07) is 14.6. The van der Waals surface area contributed by atoms with Crippen molar-refractivity contribution in [3.63, 3.8) is 0 Å². The molecule has 0 aliphatic heterocycles. The normalized spacial score (nSPS) is 9.32. The maximum atomic E-state index is 11.6. The molecule has 0 radical (unpaired) electrons. The minimum Gasteiger partial charge on any atom is -0.298 e. The summed E-state index contributed by atoms with van der Waals surface area (Å²) in [6.45, 7) is 1.64. The lowest BCUT2D eigenvalue weighted by atomic mass is 10.0. The van der Waals surface area contributed by atoms with Crippen molar-refractivity contribution < 1.29 is 9.59 Å². The zero-order valence-electron chi connectivity index (χ0n) is 10.5. The largest absolute Gasteiger partial charge is 0.298 e. The molecule has 0 bridgehead atoms. The third-order valence-electron chi connectivity index (χ3n) is 2.77. The predicted molar refractivity (Wildman–Crippen MR) is 75.0 cm³/mol. The first-order chi connectivity index (χ1) is 9.24. The Morgan fingerprint density at radius 2 is 1.47 bits per heavy atom. The molecular formula is C17H12O2. The summed E-state index contributed by atoms with van der Waals surface area (Å²) >= 11 is 0. The minimum atomic E-state index is -0.176. The highest BCUT2D eigenvalue weighted by Crippen LogP contribution is 2.20. The summed E-state index contributed by atoms with van der Waals surface area (Å²) in [5.41, 5.74) is 3.24. The van der Waals surface area contributed by atoms with Crippen molar-refractivity contribution in [3.8, 4) is 23.0 Å². The van der Waals surface area contributed by atoms with Crippen LogP contribution in [0.4, 0.5) is 0 Å². The third-order valence-corrected chi connectivity index (χ3v) is 2.77. The van der Waals surface area contributed by atoms with Crippen LogP contribution in [-0.4, -0.2) is 12.1 Å². The van der Waals surface area contributed by atoms with Gasteiger partial charge in [0.1, 0.15) is 6.29 Å². The molecule has 0 fully saturated rings. The van der Waals surface area contributed by atoms with E-state index < -0.39 is 0 Å². The Kier molecular flexibility index (Phi) is 3.90. The van der Waals surface area contributed by atoms with Crippen molar-refractivity contribution >= 4 is 12.1 Å². The number of benzene rings is 2. The van der Waals surface area contributed by atoms with Crippen LogP contribution < -0.4 is 0 Å². The van der Waals surface area contributed by atoms with Crippen LogP contribution in [0, 0.1) is 11.8 Å². The third kappa shape index (κ3) is 2.97. The van der Waals surface area contributed by atoms with Gasteiger partial charge in [0.25, 0.3) is 0 Å². The maximum Gasteiger partial charge on any atom is 0.235 e. The van der Waals surface area contributed by atoms with Crippen molar-refractivity contribution in [3.05, 3.63) is 59.7 Å². The molecule has 19 heavy (non-hydrogen) atoms. The molecule has 0 aliphatic rings. The van der Waals surface area contributed by atoms with Crippen molar-refractivity contribution in [2.24, 2.45) is 0 Å². The number of hydrogen-bond donors (Lipinski definition) is 0. The predicted octanol–water partition coefficient (Wildman–Crippen LogP) is 3.37. The highest BCUT2D eigenvalue weighted by Gasteiger charge is 2.03.